The van der Waals surface area contributed by atoms with E-state index >= 15 is 0 Å². The van der Waals surface area contributed by atoms with E-state index in [-0.39, 0.29) is 23.6 Å². The maximum absolute atomic E-state index is 13.6. The lowest BCUT2D eigenvalue weighted by Gasteiger charge is -2.25. The van der Waals surface area contributed by atoms with Gasteiger partial charge in [-0.25, -0.2) is 0 Å². The Morgan fingerprint density at radius 2 is 1.65 bits per heavy atom. The highest BCUT2D eigenvalue weighted by Gasteiger charge is 2.42. The van der Waals surface area contributed by atoms with E-state index in [4.69, 9.17) is 27.6 Å². The summed E-state index contributed by atoms with van der Waals surface area (Å²) in [6.07, 6.45) is 0. The van der Waals surface area contributed by atoms with Crippen LogP contribution in [0.5, 0.6) is 0 Å². The largest absolute Gasteiger partial charge is 0.450 e. The maximum atomic E-state index is 13.6. The molecule has 3 aromatic carbocycles. The molecule has 0 fully saturated rings. The topological polar surface area (TPSA) is 50.5 Å². The molecule has 154 valence electrons. The Labute approximate surface area is 188 Å². The van der Waals surface area contributed by atoms with Gasteiger partial charge in [-0.1, -0.05) is 71.7 Å². The number of hydrogen-bond acceptors (Lipinski definition) is 3. The first kappa shape index (κ1) is 19.9. The molecule has 0 bridgehead atoms. The van der Waals surface area contributed by atoms with Gasteiger partial charge in [0, 0.05) is 16.6 Å². The fraction of sp³-hybridized carbons (Fsp3) is 0.120. The number of carbonyl (C=O) groups excluding carboxylic acids is 1. The number of aryl methyl sites for hydroxylation is 1. The third-order valence-electron chi connectivity index (χ3n) is 5.66. The standard InChI is InChI=1S/C25H17Cl2NO3/c1-14-11-20-17(12-19(14)27)23(29)21-22(15-7-3-2-4-8-15)28(25(30)24(21)31-20)13-16-9-5-6-10-18(16)26/h2-12,22H,13H2,1H3. The van der Waals surface area contributed by atoms with Gasteiger partial charge < -0.3 is 9.32 Å². The third kappa shape index (κ3) is 3.23. The third-order valence-corrected chi connectivity index (χ3v) is 6.44. The molecule has 1 unspecified atom stereocenters. The number of benzene rings is 3. The molecule has 31 heavy (non-hydrogen) atoms. The molecule has 4 nitrogen and oxygen atoms in total. The second kappa shape index (κ2) is 7.56. The minimum absolute atomic E-state index is 0.0696. The van der Waals surface area contributed by atoms with Crippen LogP contribution in [0.15, 0.2) is 75.9 Å². The zero-order valence-corrected chi connectivity index (χ0v) is 18.1. The van der Waals surface area contributed by atoms with Crippen molar-refractivity contribution in [2.75, 3.05) is 0 Å². The Balaban J connectivity index is 1.75. The predicted molar refractivity (Wildman–Crippen MR) is 122 cm³/mol. The van der Waals surface area contributed by atoms with Crippen LogP contribution in [0.3, 0.4) is 0 Å². The van der Waals surface area contributed by atoms with Gasteiger partial charge in [-0.3, -0.25) is 9.59 Å². The van der Waals surface area contributed by atoms with E-state index in [1.165, 1.54) is 0 Å². The van der Waals surface area contributed by atoms with Crippen LogP contribution < -0.4 is 5.43 Å². The van der Waals surface area contributed by atoms with Gasteiger partial charge >= 0.3 is 0 Å². The zero-order valence-electron chi connectivity index (χ0n) is 16.6. The Morgan fingerprint density at radius 1 is 0.935 bits per heavy atom. The quantitative estimate of drug-likeness (QED) is 0.376. The fourth-order valence-corrected chi connectivity index (χ4v) is 4.46. The molecule has 1 atom stereocenters. The van der Waals surface area contributed by atoms with Crippen LogP contribution in [-0.2, 0) is 6.54 Å². The van der Waals surface area contributed by atoms with Crippen molar-refractivity contribution in [3.8, 4) is 0 Å². The molecule has 6 heteroatoms. The average molecular weight is 450 g/mol. The number of hydrogen-bond donors (Lipinski definition) is 0. The molecule has 4 aromatic rings. The van der Waals surface area contributed by atoms with Gasteiger partial charge in [-0.15, -0.1) is 0 Å². The summed E-state index contributed by atoms with van der Waals surface area (Å²) < 4.78 is 6.00. The molecule has 0 saturated carbocycles. The highest BCUT2D eigenvalue weighted by atomic mass is 35.5. The van der Waals surface area contributed by atoms with Crippen molar-refractivity contribution < 1.29 is 9.21 Å². The molecule has 0 aliphatic carbocycles. The van der Waals surface area contributed by atoms with Crippen molar-refractivity contribution in [3.05, 3.63) is 115 Å². The number of carbonyl (C=O) groups is 1. The van der Waals surface area contributed by atoms with Crippen LogP contribution in [-0.4, -0.2) is 10.8 Å². The molecule has 1 aliphatic heterocycles. The summed E-state index contributed by atoms with van der Waals surface area (Å²) in [5, 5.41) is 1.40. The number of fused-ring (bicyclic) bond motifs is 2. The van der Waals surface area contributed by atoms with E-state index in [9.17, 15) is 9.59 Å². The first-order chi connectivity index (χ1) is 15.0. The first-order valence-corrected chi connectivity index (χ1v) is 10.6. The summed E-state index contributed by atoms with van der Waals surface area (Å²) in [4.78, 5) is 28.7. The van der Waals surface area contributed by atoms with Gasteiger partial charge in [0.2, 0.25) is 5.76 Å². The molecule has 1 amide bonds. The summed E-state index contributed by atoms with van der Waals surface area (Å²) in [6, 6.07) is 19.5. The van der Waals surface area contributed by atoms with Crippen LogP contribution in [0.25, 0.3) is 11.0 Å². The monoisotopic (exact) mass is 449 g/mol. The van der Waals surface area contributed by atoms with Gasteiger partial charge in [0.25, 0.3) is 5.91 Å². The normalized spacial score (nSPS) is 15.5. The summed E-state index contributed by atoms with van der Waals surface area (Å²) >= 11 is 12.6. The van der Waals surface area contributed by atoms with Crippen molar-refractivity contribution in [1.29, 1.82) is 0 Å². The SMILES string of the molecule is Cc1cc2oc3c(c(=O)c2cc1Cl)C(c1ccccc1)N(Cc1ccccc1Cl)C3=O. The van der Waals surface area contributed by atoms with E-state index < -0.39 is 6.04 Å². The minimum Gasteiger partial charge on any atom is -0.450 e. The zero-order chi connectivity index (χ0) is 21.7. The average Bonchev–Trinajstić information content (AvgIpc) is 3.04. The highest BCUT2D eigenvalue weighted by Crippen LogP contribution is 2.40. The van der Waals surface area contributed by atoms with Gasteiger partial charge in [-0.2, -0.15) is 0 Å². The minimum atomic E-state index is -0.583. The van der Waals surface area contributed by atoms with Crippen molar-refractivity contribution >= 4 is 40.1 Å². The van der Waals surface area contributed by atoms with Gasteiger partial charge in [0.1, 0.15) is 5.58 Å². The van der Waals surface area contributed by atoms with Gasteiger partial charge in [0.05, 0.1) is 17.0 Å². The predicted octanol–water partition coefficient (Wildman–Crippen LogP) is 6.15. The molecule has 0 N–H and O–H groups in total. The lowest BCUT2D eigenvalue weighted by atomic mass is 9.98. The second-order valence-corrected chi connectivity index (χ2v) is 8.42. The molecule has 1 aliphatic rings. The lowest BCUT2D eigenvalue weighted by Crippen LogP contribution is -2.29. The first-order valence-electron chi connectivity index (χ1n) is 9.82. The van der Waals surface area contributed by atoms with Crippen LogP contribution in [0.2, 0.25) is 10.0 Å². The molecular weight excluding hydrogens is 433 g/mol. The van der Waals surface area contributed by atoms with Crippen molar-refractivity contribution in [2.24, 2.45) is 0 Å². The van der Waals surface area contributed by atoms with E-state index in [0.717, 1.165) is 16.7 Å². The van der Waals surface area contributed by atoms with Gasteiger partial charge in [0.15, 0.2) is 5.43 Å². The highest BCUT2D eigenvalue weighted by molar-refractivity contribution is 6.32. The number of rotatable bonds is 3. The Bertz CT molecular complexity index is 1400. The summed E-state index contributed by atoms with van der Waals surface area (Å²) in [5.41, 5.74) is 2.83. The number of nitrogens with zero attached hydrogens (tertiary/aromatic N) is 1. The van der Waals surface area contributed by atoms with E-state index in [2.05, 4.69) is 0 Å². The Kier molecular flexibility index (Phi) is 4.84. The van der Waals surface area contributed by atoms with Crippen molar-refractivity contribution in [2.45, 2.75) is 19.5 Å². The Hall–Kier alpha value is -3.08. The van der Waals surface area contributed by atoms with E-state index in [1.807, 2.05) is 55.5 Å². The molecule has 0 saturated heterocycles. The van der Waals surface area contributed by atoms with Crippen molar-refractivity contribution in [1.82, 2.24) is 4.90 Å². The molecule has 5 rings (SSSR count). The second-order valence-electron chi connectivity index (χ2n) is 7.61. The Morgan fingerprint density at radius 3 is 2.39 bits per heavy atom. The fourth-order valence-electron chi connectivity index (χ4n) is 4.10. The smallest absolute Gasteiger partial charge is 0.291 e. The maximum Gasteiger partial charge on any atom is 0.291 e. The molecule has 0 spiro atoms. The summed E-state index contributed by atoms with van der Waals surface area (Å²) in [6.45, 7) is 2.07. The van der Waals surface area contributed by atoms with Crippen LogP contribution >= 0.6 is 23.2 Å². The summed E-state index contributed by atoms with van der Waals surface area (Å²) in [7, 11) is 0. The summed E-state index contributed by atoms with van der Waals surface area (Å²) in [5.74, 6) is -0.268. The van der Waals surface area contributed by atoms with Crippen LogP contribution in [0, 0.1) is 6.92 Å². The van der Waals surface area contributed by atoms with E-state index in [0.29, 0.717) is 26.6 Å². The van der Waals surface area contributed by atoms with Crippen LogP contribution in [0.1, 0.15) is 38.9 Å². The molecule has 0 radical (unpaired) electrons. The molecule has 1 aromatic heterocycles. The number of halogens is 2. The van der Waals surface area contributed by atoms with Crippen LogP contribution in [0.4, 0.5) is 0 Å². The lowest BCUT2D eigenvalue weighted by molar-refractivity contribution is 0.0714. The van der Waals surface area contributed by atoms with E-state index in [1.54, 1.807) is 23.1 Å². The molecule has 2 heterocycles. The van der Waals surface area contributed by atoms with Crippen molar-refractivity contribution in [3.63, 3.8) is 0 Å². The molecular formula is C25H17Cl2NO3. The van der Waals surface area contributed by atoms with Gasteiger partial charge in [-0.05, 0) is 41.8 Å². The number of amides is 1.